The van der Waals surface area contributed by atoms with Gasteiger partial charge in [-0.1, -0.05) is 65.8 Å². The molecule has 0 fully saturated rings. The van der Waals surface area contributed by atoms with Crippen LogP contribution in [0.1, 0.15) is 19.4 Å². The van der Waals surface area contributed by atoms with Gasteiger partial charge in [-0.25, -0.2) is 0 Å². The third-order valence-corrected chi connectivity index (χ3v) is 4.39. The molecule has 2 aliphatic carbocycles. The van der Waals surface area contributed by atoms with Gasteiger partial charge in [0.25, 0.3) is 0 Å². The number of benzene rings is 1. The summed E-state index contributed by atoms with van der Waals surface area (Å²) in [5, 5.41) is 19.8. The van der Waals surface area contributed by atoms with E-state index in [2.05, 4.69) is 18.2 Å². The maximum atomic E-state index is 9.88. The number of fused-ring (bicyclic) bond motifs is 1. The predicted molar refractivity (Wildman–Crippen MR) is 87.2 cm³/mol. The minimum Gasteiger partial charge on any atom is -0.196 e. The van der Waals surface area contributed by atoms with Crippen LogP contribution in [-0.2, 0) is 0 Å². The molecule has 0 saturated carbocycles. The lowest BCUT2D eigenvalue weighted by atomic mass is 9.70. The van der Waals surface area contributed by atoms with Gasteiger partial charge in [-0.05, 0) is 30.6 Å². The van der Waals surface area contributed by atoms with E-state index in [-0.39, 0.29) is 5.92 Å². The smallest absolute Gasteiger partial charge is 0.179 e. The zero-order valence-corrected chi connectivity index (χ0v) is 12.7. The van der Waals surface area contributed by atoms with Crippen molar-refractivity contribution in [1.29, 1.82) is 10.5 Å². The van der Waals surface area contributed by atoms with E-state index in [9.17, 15) is 10.5 Å². The summed E-state index contributed by atoms with van der Waals surface area (Å²) in [4.78, 5) is 0. The summed E-state index contributed by atoms with van der Waals surface area (Å²) in [5.74, 6) is -0.202. The van der Waals surface area contributed by atoms with Crippen molar-refractivity contribution in [2.75, 3.05) is 0 Å². The van der Waals surface area contributed by atoms with Crippen LogP contribution in [0.15, 0.2) is 71.4 Å². The molecule has 1 unspecified atom stereocenters. The molecule has 0 radical (unpaired) electrons. The van der Waals surface area contributed by atoms with Gasteiger partial charge in [-0.15, -0.1) is 0 Å². The molecule has 0 saturated heterocycles. The summed E-state index contributed by atoms with van der Waals surface area (Å²) in [6.45, 7) is 4.04. The Bertz CT molecular complexity index is 807. The van der Waals surface area contributed by atoms with Crippen LogP contribution in [0.3, 0.4) is 0 Å². The lowest BCUT2D eigenvalue weighted by Gasteiger charge is -2.26. The molecule has 22 heavy (non-hydrogen) atoms. The van der Waals surface area contributed by atoms with E-state index in [0.29, 0.717) is 0 Å². The molecule has 2 aliphatic rings. The third-order valence-electron chi connectivity index (χ3n) is 4.39. The van der Waals surface area contributed by atoms with E-state index in [4.69, 9.17) is 0 Å². The summed E-state index contributed by atoms with van der Waals surface area (Å²) in [6.07, 6.45) is 8.16. The fourth-order valence-electron chi connectivity index (χ4n) is 3.44. The minimum absolute atomic E-state index is 0.202. The van der Waals surface area contributed by atoms with Crippen molar-refractivity contribution in [2.24, 2.45) is 11.3 Å². The molecule has 106 valence electrons. The van der Waals surface area contributed by atoms with E-state index in [1.807, 2.05) is 62.4 Å². The average molecular weight is 284 g/mol. The second-order valence-electron chi connectivity index (χ2n) is 5.85. The summed E-state index contributed by atoms with van der Waals surface area (Å²) >= 11 is 0. The zero-order chi connectivity index (χ0) is 15.7. The largest absolute Gasteiger partial charge is 0.196 e. The van der Waals surface area contributed by atoms with E-state index in [0.717, 1.165) is 27.9 Å². The molecule has 2 heteroatoms. The molecular formula is C20H16N2. The van der Waals surface area contributed by atoms with Gasteiger partial charge in [-0.3, -0.25) is 0 Å². The SMILES string of the molecule is CC1=CC=C2C=C(c3ccccc3)C(C#N)(C#N)C2C(C)=C1. The number of nitrogens with zero attached hydrogens (tertiary/aromatic N) is 2. The first kappa shape index (κ1) is 14.1. The van der Waals surface area contributed by atoms with Gasteiger partial charge in [0, 0.05) is 5.92 Å². The van der Waals surface area contributed by atoms with Crippen molar-refractivity contribution in [2.45, 2.75) is 13.8 Å². The van der Waals surface area contributed by atoms with E-state index in [1.54, 1.807) is 0 Å². The molecule has 0 amide bonds. The molecule has 0 aromatic heterocycles. The normalized spacial score (nSPS) is 22.1. The van der Waals surface area contributed by atoms with Gasteiger partial charge in [-0.2, -0.15) is 10.5 Å². The Labute approximate surface area is 131 Å². The highest BCUT2D eigenvalue weighted by Gasteiger charge is 2.50. The van der Waals surface area contributed by atoms with Gasteiger partial charge < -0.3 is 0 Å². The highest BCUT2D eigenvalue weighted by molar-refractivity contribution is 5.84. The standard InChI is InChI=1S/C20H16N2/c1-14-8-9-17-11-18(16-6-4-3-5-7-16)20(12-21,13-22)19(17)15(2)10-14/h3-11,19H,1-2H3. The van der Waals surface area contributed by atoms with Crippen molar-refractivity contribution in [3.63, 3.8) is 0 Å². The van der Waals surface area contributed by atoms with Gasteiger partial charge in [0.2, 0.25) is 0 Å². The van der Waals surface area contributed by atoms with Crippen LogP contribution in [0.25, 0.3) is 5.57 Å². The lowest BCUT2D eigenvalue weighted by molar-refractivity contribution is 0.550. The first-order chi connectivity index (χ1) is 10.6. The van der Waals surface area contributed by atoms with Crippen molar-refractivity contribution < 1.29 is 0 Å². The van der Waals surface area contributed by atoms with Crippen molar-refractivity contribution in [1.82, 2.24) is 0 Å². The predicted octanol–water partition coefficient (Wildman–Crippen LogP) is 4.57. The molecule has 0 spiro atoms. The summed E-state index contributed by atoms with van der Waals surface area (Å²) < 4.78 is 0. The molecule has 1 aromatic rings. The first-order valence-electron chi connectivity index (χ1n) is 7.29. The quantitative estimate of drug-likeness (QED) is 0.758. The molecule has 1 aromatic carbocycles. The first-order valence-corrected chi connectivity index (χ1v) is 7.29. The molecule has 2 nitrogen and oxygen atoms in total. The van der Waals surface area contributed by atoms with Gasteiger partial charge in [0.1, 0.15) is 0 Å². The van der Waals surface area contributed by atoms with E-state index >= 15 is 0 Å². The van der Waals surface area contributed by atoms with Gasteiger partial charge in [0.05, 0.1) is 12.1 Å². The Morgan fingerprint density at radius 1 is 0.955 bits per heavy atom. The van der Waals surface area contributed by atoms with Crippen molar-refractivity contribution in [3.05, 3.63) is 76.9 Å². The topological polar surface area (TPSA) is 47.6 Å². The average Bonchev–Trinajstić information content (AvgIpc) is 2.80. The number of allylic oxidation sites excluding steroid dienone is 8. The van der Waals surface area contributed by atoms with Crippen LogP contribution in [0.5, 0.6) is 0 Å². The molecule has 0 bridgehead atoms. The molecule has 0 aliphatic heterocycles. The molecular weight excluding hydrogens is 268 g/mol. The zero-order valence-electron chi connectivity index (χ0n) is 12.7. The van der Waals surface area contributed by atoms with Crippen molar-refractivity contribution >= 4 is 5.57 Å². The third kappa shape index (κ3) is 1.93. The van der Waals surface area contributed by atoms with Crippen LogP contribution in [0.4, 0.5) is 0 Å². The fourth-order valence-corrected chi connectivity index (χ4v) is 3.44. The maximum Gasteiger partial charge on any atom is 0.179 e. The number of hydrogen-bond acceptors (Lipinski definition) is 2. The Balaban J connectivity index is 2.27. The maximum absolute atomic E-state index is 9.88. The van der Waals surface area contributed by atoms with Crippen molar-refractivity contribution in [3.8, 4) is 12.1 Å². The Hall–Kier alpha value is -2.84. The van der Waals surface area contributed by atoms with Crippen LogP contribution in [0, 0.1) is 34.0 Å². The Morgan fingerprint density at radius 3 is 2.27 bits per heavy atom. The van der Waals surface area contributed by atoms with Gasteiger partial charge in [0.15, 0.2) is 5.41 Å². The van der Waals surface area contributed by atoms with Crippen LogP contribution < -0.4 is 0 Å². The highest BCUT2D eigenvalue weighted by Crippen LogP contribution is 2.54. The highest BCUT2D eigenvalue weighted by atomic mass is 14.5. The molecule has 0 N–H and O–H groups in total. The summed E-state index contributed by atoms with van der Waals surface area (Å²) in [6, 6.07) is 14.4. The number of rotatable bonds is 1. The second-order valence-corrected chi connectivity index (χ2v) is 5.85. The van der Waals surface area contributed by atoms with Crippen LogP contribution in [0.2, 0.25) is 0 Å². The Kier molecular flexibility index (Phi) is 3.32. The van der Waals surface area contributed by atoms with Gasteiger partial charge >= 0.3 is 0 Å². The molecule has 3 rings (SSSR count). The lowest BCUT2D eigenvalue weighted by Crippen LogP contribution is -2.26. The number of hydrogen-bond donors (Lipinski definition) is 0. The summed E-state index contributed by atoms with van der Waals surface area (Å²) in [5.41, 5.74) is 3.81. The molecule has 1 atom stereocenters. The minimum atomic E-state index is -1.16. The molecule has 0 heterocycles. The van der Waals surface area contributed by atoms with Crippen LogP contribution in [-0.4, -0.2) is 0 Å². The van der Waals surface area contributed by atoms with Crippen LogP contribution >= 0.6 is 0 Å². The second kappa shape index (κ2) is 5.17. The number of nitriles is 2. The Morgan fingerprint density at radius 2 is 1.64 bits per heavy atom. The fraction of sp³-hybridized carbons (Fsp3) is 0.200. The van der Waals surface area contributed by atoms with E-state index in [1.165, 1.54) is 0 Å². The monoisotopic (exact) mass is 284 g/mol. The summed E-state index contributed by atoms with van der Waals surface area (Å²) in [7, 11) is 0. The van der Waals surface area contributed by atoms with E-state index < -0.39 is 5.41 Å².